The summed E-state index contributed by atoms with van der Waals surface area (Å²) in [5, 5.41) is 20.4. The Morgan fingerprint density at radius 2 is 1.57 bits per heavy atom. The van der Waals surface area contributed by atoms with E-state index in [1.807, 2.05) is 0 Å². The quantitative estimate of drug-likeness (QED) is 0.149. The van der Waals surface area contributed by atoms with Crippen LogP contribution in [-0.2, 0) is 18.7 Å². The molecule has 234 valence electrons. The van der Waals surface area contributed by atoms with Crippen molar-refractivity contribution >= 4 is 14.3 Å². The number of ether oxygens (including phenoxy) is 2. The average Bonchev–Trinajstić information content (AvgIpc) is 3.18. The van der Waals surface area contributed by atoms with Crippen LogP contribution in [0.2, 0.25) is 18.1 Å². The van der Waals surface area contributed by atoms with Gasteiger partial charge < -0.3 is 24.1 Å². The molecule has 2 N–H and O–H groups in total. The van der Waals surface area contributed by atoms with Crippen LogP contribution >= 0.6 is 0 Å². The van der Waals surface area contributed by atoms with Crippen molar-refractivity contribution in [2.24, 2.45) is 17.8 Å². The zero-order valence-corrected chi connectivity index (χ0v) is 27.7. The van der Waals surface area contributed by atoms with Gasteiger partial charge in [0, 0.05) is 19.4 Å². The first kappa shape index (κ1) is 34.0. The molecule has 0 aromatic heterocycles. The van der Waals surface area contributed by atoms with E-state index in [1.54, 1.807) is 0 Å². The van der Waals surface area contributed by atoms with E-state index in [-0.39, 0.29) is 41.5 Å². The molecule has 1 saturated heterocycles. The fourth-order valence-corrected chi connectivity index (χ4v) is 9.12. The largest absolute Gasteiger partial charge is 0.481 e. The van der Waals surface area contributed by atoms with Gasteiger partial charge in [-0.25, -0.2) is 0 Å². The van der Waals surface area contributed by atoms with Crippen LogP contribution in [-0.4, -0.2) is 55.2 Å². The molecule has 3 rings (SSSR count). The number of aliphatic hydroxyl groups is 1. The van der Waals surface area contributed by atoms with E-state index in [0.29, 0.717) is 18.3 Å². The van der Waals surface area contributed by atoms with Crippen LogP contribution in [0.3, 0.4) is 0 Å². The lowest BCUT2D eigenvalue weighted by Gasteiger charge is -2.49. The van der Waals surface area contributed by atoms with Crippen LogP contribution in [0.1, 0.15) is 137 Å². The number of aliphatic hydroxyl groups excluding tert-OH is 1. The van der Waals surface area contributed by atoms with Gasteiger partial charge in [-0.3, -0.25) is 4.79 Å². The molecule has 3 aliphatic rings. The van der Waals surface area contributed by atoms with E-state index in [4.69, 9.17) is 19.0 Å². The van der Waals surface area contributed by atoms with Gasteiger partial charge >= 0.3 is 5.97 Å². The van der Waals surface area contributed by atoms with E-state index >= 15 is 0 Å². The summed E-state index contributed by atoms with van der Waals surface area (Å²) >= 11 is 0. The molecule has 7 heteroatoms. The molecule has 0 bridgehead atoms. The molecule has 40 heavy (non-hydrogen) atoms. The predicted octanol–water partition coefficient (Wildman–Crippen LogP) is 8.46. The molecule has 1 heterocycles. The molecule has 6 nitrogen and oxygen atoms in total. The van der Waals surface area contributed by atoms with Gasteiger partial charge in [0.15, 0.2) is 14.6 Å². The lowest BCUT2D eigenvalue weighted by Crippen LogP contribution is -2.52. The monoisotopic (exact) mass is 582 g/mol. The summed E-state index contributed by atoms with van der Waals surface area (Å²) in [6.45, 7) is 15.0. The molecule has 2 saturated carbocycles. The van der Waals surface area contributed by atoms with Gasteiger partial charge in [-0.15, -0.1) is 0 Å². The molecule has 0 amide bonds. The standard InChI is InChI=1S/C33H62O6Si/c1-32(2,3)40(5,6)39-33(4,25-16-10-9-11-17-25)22-21-27-26(18-12-7-8-13-19-30(35)36)28(34)24-29(27)38-31-20-14-15-23-37-31/h25-29,31,34H,7-24H2,1-6H3,(H,35,36)/t26-,27-,28+,29?,31?,33?/m1/s1. The second kappa shape index (κ2) is 15.3. The average molecular weight is 583 g/mol. The fraction of sp³-hybridized carbons (Fsp3) is 0.970. The molecule has 1 aliphatic heterocycles. The molecule has 0 aromatic rings. The number of hydrogen-bond acceptors (Lipinski definition) is 5. The summed E-state index contributed by atoms with van der Waals surface area (Å²) in [6.07, 6.45) is 16.9. The van der Waals surface area contributed by atoms with Crippen LogP contribution < -0.4 is 0 Å². The van der Waals surface area contributed by atoms with Crippen LogP contribution in [0.25, 0.3) is 0 Å². The first-order valence-corrected chi connectivity index (χ1v) is 19.6. The van der Waals surface area contributed by atoms with Crippen LogP contribution in [0.4, 0.5) is 0 Å². The lowest BCUT2D eigenvalue weighted by atomic mass is 9.73. The van der Waals surface area contributed by atoms with Crippen molar-refractivity contribution in [3.63, 3.8) is 0 Å². The lowest BCUT2D eigenvalue weighted by molar-refractivity contribution is -0.197. The van der Waals surface area contributed by atoms with Gasteiger partial charge in [0.1, 0.15) is 0 Å². The van der Waals surface area contributed by atoms with Crippen molar-refractivity contribution in [1.29, 1.82) is 0 Å². The van der Waals surface area contributed by atoms with Crippen molar-refractivity contribution in [3.05, 3.63) is 0 Å². The van der Waals surface area contributed by atoms with Crippen molar-refractivity contribution in [2.45, 2.75) is 179 Å². The summed E-state index contributed by atoms with van der Waals surface area (Å²) in [5.41, 5.74) is -0.149. The Morgan fingerprint density at radius 3 is 2.20 bits per heavy atom. The Labute approximate surface area is 246 Å². The second-order valence-electron chi connectivity index (χ2n) is 15.0. The topological polar surface area (TPSA) is 85.2 Å². The maximum Gasteiger partial charge on any atom is 0.303 e. The molecule has 6 atom stereocenters. The highest BCUT2D eigenvalue weighted by Crippen LogP contribution is 2.48. The normalized spacial score (nSPS) is 30.3. The number of rotatable bonds is 15. The van der Waals surface area contributed by atoms with Gasteiger partial charge in [-0.2, -0.15) is 0 Å². The Kier molecular flexibility index (Phi) is 13.0. The van der Waals surface area contributed by atoms with E-state index in [9.17, 15) is 9.90 Å². The fourth-order valence-electron chi connectivity index (χ4n) is 7.38. The van der Waals surface area contributed by atoms with Gasteiger partial charge in [0.25, 0.3) is 0 Å². The third-order valence-electron chi connectivity index (χ3n) is 10.9. The highest BCUT2D eigenvalue weighted by Gasteiger charge is 2.49. The first-order chi connectivity index (χ1) is 18.8. The smallest absolute Gasteiger partial charge is 0.303 e. The minimum atomic E-state index is -1.97. The minimum absolute atomic E-state index is 0.0265. The third kappa shape index (κ3) is 9.79. The summed E-state index contributed by atoms with van der Waals surface area (Å²) in [7, 11) is -1.97. The Balaban J connectivity index is 1.73. The number of carbonyl (C=O) groups is 1. The van der Waals surface area contributed by atoms with Gasteiger partial charge in [-0.05, 0) is 101 Å². The summed E-state index contributed by atoms with van der Waals surface area (Å²) in [5.74, 6) is 0.398. The summed E-state index contributed by atoms with van der Waals surface area (Å²) in [6, 6.07) is 0. The molecular formula is C33H62O6Si. The predicted molar refractivity (Wildman–Crippen MR) is 164 cm³/mol. The van der Waals surface area contributed by atoms with E-state index < -0.39 is 14.3 Å². The van der Waals surface area contributed by atoms with Crippen LogP contribution in [0.15, 0.2) is 0 Å². The zero-order valence-electron chi connectivity index (χ0n) is 26.7. The van der Waals surface area contributed by atoms with Crippen LogP contribution in [0, 0.1) is 17.8 Å². The van der Waals surface area contributed by atoms with Crippen molar-refractivity contribution in [1.82, 2.24) is 0 Å². The molecular weight excluding hydrogens is 520 g/mol. The Hall–Kier alpha value is -0.473. The molecule has 0 aromatic carbocycles. The number of hydrogen-bond donors (Lipinski definition) is 2. The number of aliphatic carboxylic acids is 1. The second-order valence-corrected chi connectivity index (χ2v) is 19.7. The summed E-state index contributed by atoms with van der Waals surface area (Å²) < 4.78 is 19.9. The first-order valence-electron chi connectivity index (χ1n) is 16.7. The zero-order chi connectivity index (χ0) is 29.4. The highest BCUT2D eigenvalue weighted by molar-refractivity contribution is 6.74. The van der Waals surface area contributed by atoms with Crippen molar-refractivity contribution in [3.8, 4) is 0 Å². The van der Waals surface area contributed by atoms with E-state index in [1.165, 1.54) is 32.1 Å². The molecule has 0 spiro atoms. The third-order valence-corrected chi connectivity index (χ3v) is 15.5. The molecule has 3 unspecified atom stereocenters. The van der Waals surface area contributed by atoms with Crippen LogP contribution in [0.5, 0.6) is 0 Å². The van der Waals surface area contributed by atoms with Gasteiger partial charge in [-0.1, -0.05) is 59.3 Å². The Morgan fingerprint density at radius 1 is 0.900 bits per heavy atom. The van der Waals surface area contributed by atoms with E-state index in [0.717, 1.165) is 70.8 Å². The van der Waals surface area contributed by atoms with Crippen molar-refractivity contribution < 1.29 is 28.9 Å². The van der Waals surface area contributed by atoms with E-state index in [2.05, 4.69) is 40.8 Å². The Bertz CT molecular complexity index is 755. The van der Waals surface area contributed by atoms with Gasteiger partial charge in [0.2, 0.25) is 0 Å². The molecule has 0 radical (unpaired) electrons. The number of carboxylic acid groups (broad SMARTS) is 1. The summed E-state index contributed by atoms with van der Waals surface area (Å²) in [4.78, 5) is 10.9. The minimum Gasteiger partial charge on any atom is -0.481 e. The number of unbranched alkanes of at least 4 members (excludes halogenated alkanes) is 3. The SMILES string of the molecule is CC(CC[C@H]1C(OC2CCCCO2)C[C@H](O)[C@@H]1CCCCCCC(=O)O)(O[Si](C)(C)C(C)(C)C)C1CCCCC1. The molecule has 3 fully saturated rings. The highest BCUT2D eigenvalue weighted by atomic mass is 28.4. The molecule has 2 aliphatic carbocycles. The van der Waals surface area contributed by atoms with Gasteiger partial charge in [0.05, 0.1) is 17.8 Å². The number of carboxylic acids is 1. The maximum atomic E-state index is 11.3. The maximum absolute atomic E-state index is 11.3. The van der Waals surface area contributed by atoms with Crippen molar-refractivity contribution in [2.75, 3.05) is 6.61 Å².